The van der Waals surface area contributed by atoms with E-state index in [0.29, 0.717) is 12.3 Å². The van der Waals surface area contributed by atoms with Gasteiger partial charge in [-0.1, -0.05) is 0 Å². The molecule has 3 aromatic rings. The Morgan fingerprint density at radius 2 is 2.03 bits per heavy atom. The number of hydrogen-bond acceptors (Lipinski definition) is 6. The number of rotatable bonds is 5. The fourth-order valence-electron chi connectivity index (χ4n) is 3.63. The Labute approximate surface area is 207 Å². The topological polar surface area (TPSA) is 63.6 Å². The second kappa shape index (κ2) is 8.34. The van der Waals surface area contributed by atoms with Gasteiger partial charge >= 0.3 is 0 Å². The van der Waals surface area contributed by atoms with Gasteiger partial charge in [0.05, 0.1) is 16.4 Å². The third kappa shape index (κ3) is 4.36. The van der Waals surface area contributed by atoms with Gasteiger partial charge in [0.25, 0.3) is 0 Å². The lowest BCUT2D eigenvalue weighted by Gasteiger charge is -2.17. The molecule has 0 atom stereocenters. The van der Waals surface area contributed by atoms with Gasteiger partial charge in [-0.25, -0.2) is 4.98 Å². The van der Waals surface area contributed by atoms with Crippen molar-refractivity contribution in [3.63, 3.8) is 0 Å². The van der Waals surface area contributed by atoms with Crippen LogP contribution in [0.2, 0.25) is 0 Å². The highest BCUT2D eigenvalue weighted by molar-refractivity contribution is 14.1. The molecule has 2 N–H and O–H groups in total. The summed E-state index contributed by atoms with van der Waals surface area (Å²) in [4.78, 5) is 5.96. The average molecular weight is 648 g/mol. The predicted octanol–water partition coefficient (Wildman–Crippen LogP) is 6.37. The van der Waals surface area contributed by atoms with Crippen LogP contribution in [-0.4, -0.2) is 22.8 Å². The Hall–Kier alpha value is -1.27. The third-order valence-corrected chi connectivity index (χ3v) is 7.33. The summed E-state index contributed by atoms with van der Waals surface area (Å²) < 4.78 is 13.6. The number of aromatic nitrogens is 1. The second-order valence-corrected chi connectivity index (χ2v) is 11.5. The molecule has 5 nitrogen and oxygen atoms in total. The molecule has 158 valence electrons. The number of hydrogen-bond donors (Lipinski definition) is 2. The SMILES string of the molecule is COc1cc(-c2nc(NCc3cc(I)cc(I)c3O)sc2C)cc2c1OC(C)(C)C2. The number of fused-ring (bicyclic) bond motifs is 1. The molecule has 1 aliphatic rings. The zero-order valence-corrected chi connectivity index (χ0v) is 22.2. The van der Waals surface area contributed by atoms with E-state index < -0.39 is 0 Å². The van der Waals surface area contributed by atoms with Gasteiger partial charge in [0.15, 0.2) is 16.6 Å². The third-order valence-electron chi connectivity index (χ3n) is 4.95. The number of halogens is 2. The van der Waals surface area contributed by atoms with E-state index in [2.05, 4.69) is 77.3 Å². The van der Waals surface area contributed by atoms with E-state index in [4.69, 9.17) is 14.5 Å². The fraction of sp³-hybridized carbons (Fsp3) is 0.318. The van der Waals surface area contributed by atoms with Gasteiger partial charge in [0.1, 0.15) is 11.4 Å². The summed E-state index contributed by atoms with van der Waals surface area (Å²) in [6.07, 6.45) is 0.839. The van der Waals surface area contributed by atoms with E-state index in [-0.39, 0.29) is 5.60 Å². The normalized spacial score (nSPS) is 14.3. The Balaban J connectivity index is 1.61. The number of phenols is 1. The number of methoxy groups -OCH3 is 1. The summed E-state index contributed by atoms with van der Waals surface area (Å²) >= 11 is 6.03. The summed E-state index contributed by atoms with van der Waals surface area (Å²) in [6.45, 7) is 6.76. The molecular formula is C22H22I2N2O3S. The van der Waals surface area contributed by atoms with Crippen LogP contribution < -0.4 is 14.8 Å². The highest BCUT2D eigenvalue weighted by atomic mass is 127. The van der Waals surface area contributed by atoms with E-state index >= 15 is 0 Å². The van der Waals surface area contributed by atoms with Crippen molar-refractivity contribution >= 4 is 61.7 Å². The summed E-state index contributed by atoms with van der Waals surface area (Å²) in [7, 11) is 1.67. The van der Waals surface area contributed by atoms with Crippen LogP contribution >= 0.6 is 56.5 Å². The minimum Gasteiger partial charge on any atom is -0.506 e. The Morgan fingerprint density at radius 3 is 2.77 bits per heavy atom. The first-order valence-electron chi connectivity index (χ1n) is 9.45. The number of ether oxygens (including phenoxy) is 2. The number of thiazole rings is 1. The van der Waals surface area contributed by atoms with Crippen molar-refractivity contribution in [3.8, 4) is 28.5 Å². The fourth-order valence-corrected chi connectivity index (χ4v) is 6.43. The van der Waals surface area contributed by atoms with Crippen LogP contribution in [0.4, 0.5) is 5.13 Å². The van der Waals surface area contributed by atoms with Gasteiger partial charge in [0, 0.05) is 38.1 Å². The van der Waals surface area contributed by atoms with Crippen LogP contribution in [0.1, 0.15) is 29.9 Å². The molecular weight excluding hydrogens is 626 g/mol. The highest BCUT2D eigenvalue weighted by Gasteiger charge is 2.33. The number of phenolic OH excluding ortho intramolecular Hbond substituents is 1. The molecule has 0 fully saturated rings. The number of aryl methyl sites for hydroxylation is 1. The van der Waals surface area contributed by atoms with E-state index in [1.165, 1.54) is 0 Å². The molecule has 0 spiro atoms. The molecule has 0 aliphatic carbocycles. The standard InChI is InChI=1S/C22H22I2N2O3S/c1-11-18(12-5-13-9-22(2,3)29-20(13)17(7-12)28-4)26-21(30-11)25-10-14-6-15(23)8-16(24)19(14)27/h5-8,27H,9-10H2,1-4H3,(H,25,26). The lowest BCUT2D eigenvalue weighted by Crippen LogP contribution is -2.24. The van der Waals surface area contributed by atoms with Gasteiger partial charge < -0.3 is 19.9 Å². The molecule has 0 saturated heterocycles. The predicted molar refractivity (Wildman–Crippen MR) is 138 cm³/mol. The van der Waals surface area contributed by atoms with Crippen molar-refractivity contribution in [3.05, 3.63) is 47.4 Å². The summed E-state index contributed by atoms with van der Waals surface area (Å²) in [5, 5.41) is 14.5. The minimum atomic E-state index is -0.231. The van der Waals surface area contributed by atoms with Crippen LogP contribution in [0.15, 0.2) is 24.3 Å². The van der Waals surface area contributed by atoms with E-state index in [1.54, 1.807) is 18.4 Å². The Kier molecular flexibility index (Phi) is 6.10. The van der Waals surface area contributed by atoms with Crippen LogP contribution in [0.3, 0.4) is 0 Å². The lowest BCUT2D eigenvalue weighted by molar-refractivity contribution is 0.134. The van der Waals surface area contributed by atoms with E-state index in [1.807, 2.05) is 18.2 Å². The number of benzene rings is 2. The van der Waals surface area contributed by atoms with Gasteiger partial charge in [-0.3, -0.25) is 0 Å². The zero-order chi connectivity index (χ0) is 21.6. The first-order valence-corrected chi connectivity index (χ1v) is 12.4. The largest absolute Gasteiger partial charge is 0.506 e. The van der Waals surface area contributed by atoms with E-state index in [9.17, 15) is 5.11 Å². The molecule has 0 radical (unpaired) electrons. The number of anilines is 1. The van der Waals surface area contributed by atoms with Crippen LogP contribution in [0.5, 0.6) is 17.2 Å². The van der Waals surface area contributed by atoms with Gasteiger partial charge in [0.2, 0.25) is 0 Å². The second-order valence-electron chi connectivity index (χ2n) is 7.88. The molecule has 0 unspecified atom stereocenters. The molecule has 1 aromatic heterocycles. The molecule has 1 aliphatic heterocycles. The number of aromatic hydroxyl groups is 1. The molecule has 8 heteroatoms. The average Bonchev–Trinajstić information content (AvgIpc) is 3.20. The van der Waals surface area contributed by atoms with Crippen molar-refractivity contribution in [2.24, 2.45) is 0 Å². The van der Waals surface area contributed by atoms with Crippen molar-refractivity contribution < 1.29 is 14.6 Å². The maximum Gasteiger partial charge on any atom is 0.183 e. The van der Waals surface area contributed by atoms with Crippen LogP contribution in [-0.2, 0) is 13.0 Å². The van der Waals surface area contributed by atoms with Crippen LogP contribution in [0, 0.1) is 14.1 Å². The summed E-state index contributed by atoms with van der Waals surface area (Å²) in [5.41, 5.74) is 3.74. The molecule has 2 aromatic carbocycles. The monoisotopic (exact) mass is 648 g/mol. The first kappa shape index (κ1) is 21.9. The molecule has 0 amide bonds. The molecule has 2 heterocycles. The summed E-state index contributed by atoms with van der Waals surface area (Å²) in [5.74, 6) is 1.90. The maximum atomic E-state index is 10.3. The molecule has 30 heavy (non-hydrogen) atoms. The minimum absolute atomic E-state index is 0.231. The molecule has 0 bridgehead atoms. The van der Waals surface area contributed by atoms with Crippen LogP contribution in [0.25, 0.3) is 11.3 Å². The quantitative estimate of drug-likeness (QED) is 0.315. The Morgan fingerprint density at radius 1 is 1.27 bits per heavy atom. The smallest absolute Gasteiger partial charge is 0.183 e. The number of nitrogens with zero attached hydrogens (tertiary/aromatic N) is 1. The van der Waals surface area contributed by atoms with Gasteiger partial charge in [-0.2, -0.15) is 0 Å². The lowest BCUT2D eigenvalue weighted by atomic mass is 9.99. The van der Waals surface area contributed by atoms with Crippen molar-refractivity contribution in [2.75, 3.05) is 12.4 Å². The molecule has 0 saturated carbocycles. The highest BCUT2D eigenvalue weighted by Crippen LogP contribution is 2.45. The number of nitrogens with one attached hydrogen (secondary N) is 1. The van der Waals surface area contributed by atoms with Gasteiger partial charge in [-0.05, 0) is 90.2 Å². The van der Waals surface area contributed by atoms with Gasteiger partial charge in [-0.15, -0.1) is 11.3 Å². The Bertz CT molecular complexity index is 1130. The van der Waals surface area contributed by atoms with Crippen molar-refractivity contribution in [1.82, 2.24) is 4.98 Å². The summed E-state index contributed by atoms with van der Waals surface area (Å²) in [6, 6.07) is 8.10. The van der Waals surface area contributed by atoms with E-state index in [0.717, 1.165) is 57.5 Å². The van der Waals surface area contributed by atoms with Crippen molar-refractivity contribution in [2.45, 2.75) is 39.3 Å². The maximum absolute atomic E-state index is 10.3. The van der Waals surface area contributed by atoms with Crippen molar-refractivity contribution in [1.29, 1.82) is 0 Å². The molecule has 4 rings (SSSR count). The first-order chi connectivity index (χ1) is 14.2. The zero-order valence-electron chi connectivity index (χ0n) is 17.1.